The molecule has 0 bridgehead atoms. The Morgan fingerprint density at radius 3 is 3.09 bits per heavy atom. The number of carbonyl (C=O) groups is 1. The van der Waals surface area contributed by atoms with E-state index in [2.05, 4.69) is 34.3 Å². The maximum atomic E-state index is 11.8. The van der Waals surface area contributed by atoms with Crippen molar-refractivity contribution >= 4 is 34.1 Å². The van der Waals surface area contributed by atoms with Crippen molar-refractivity contribution in [1.82, 2.24) is 20.4 Å². The van der Waals surface area contributed by atoms with Crippen LogP contribution in [-0.4, -0.2) is 65.6 Å². The Labute approximate surface area is 139 Å². The highest BCUT2D eigenvalue weighted by atomic mass is 32.2. The summed E-state index contributed by atoms with van der Waals surface area (Å²) in [6.45, 7) is 8.61. The lowest BCUT2D eigenvalue weighted by molar-refractivity contribution is -0.119. The van der Waals surface area contributed by atoms with Crippen LogP contribution in [0.15, 0.2) is 4.34 Å². The van der Waals surface area contributed by atoms with Crippen LogP contribution in [0.1, 0.15) is 13.8 Å². The van der Waals surface area contributed by atoms with Gasteiger partial charge in [0.2, 0.25) is 11.0 Å². The normalized spacial score (nSPS) is 19.5. The van der Waals surface area contributed by atoms with Crippen molar-refractivity contribution in [2.24, 2.45) is 5.92 Å². The number of nitrogens with zero attached hydrogens (tertiary/aromatic N) is 3. The molecule has 9 heteroatoms. The number of anilines is 1. The molecule has 0 spiro atoms. The van der Waals surface area contributed by atoms with E-state index < -0.39 is 0 Å². The fourth-order valence-electron chi connectivity index (χ4n) is 2.27. The first-order chi connectivity index (χ1) is 10.5. The molecule has 1 unspecified atom stereocenters. The van der Waals surface area contributed by atoms with Gasteiger partial charge in [0, 0.05) is 26.2 Å². The van der Waals surface area contributed by atoms with Gasteiger partial charge in [-0.05, 0) is 5.92 Å². The topological polar surface area (TPSA) is 93.4 Å². The van der Waals surface area contributed by atoms with Crippen LogP contribution in [0.25, 0.3) is 0 Å². The third-order valence-corrected chi connectivity index (χ3v) is 5.01. The minimum atomic E-state index is -0.0247. The van der Waals surface area contributed by atoms with Crippen LogP contribution >= 0.6 is 23.1 Å². The van der Waals surface area contributed by atoms with Gasteiger partial charge in [-0.1, -0.05) is 36.9 Å². The van der Waals surface area contributed by atoms with Crippen molar-refractivity contribution in [3.63, 3.8) is 0 Å². The van der Waals surface area contributed by atoms with Crippen molar-refractivity contribution in [1.29, 1.82) is 0 Å². The van der Waals surface area contributed by atoms with Crippen LogP contribution in [-0.2, 0) is 9.53 Å². The van der Waals surface area contributed by atoms with Crippen molar-refractivity contribution in [3.8, 4) is 0 Å². The van der Waals surface area contributed by atoms with Gasteiger partial charge in [0.1, 0.15) is 0 Å². The van der Waals surface area contributed by atoms with E-state index in [0.717, 1.165) is 26.2 Å². The van der Waals surface area contributed by atoms with Gasteiger partial charge in [0.15, 0.2) is 4.34 Å². The average molecular weight is 345 g/mol. The van der Waals surface area contributed by atoms with Crippen LogP contribution < -0.4 is 11.1 Å². The monoisotopic (exact) mass is 345 g/mol. The number of hydrogen-bond donors (Lipinski definition) is 2. The fourth-order valence-corrected chi connectivity index (χ4v) is 3.74. The minimum absolute atomic E-state index is 0.0247. The molecular formula is C13H23N5O2S2. The molecule has 124 valence electrons. The molecule has 0 aliphatic carbocycles. The Morgan fingerprint density at radius 2 is 2.41 bits per heavy atom. The Hall–Kier alpha value is -0.900. The molecule has 0 saturated carbocycles. The standard InChI is InChI=1S/C13H23N5O2S2/c1-9(2)6-18-3-4-20-10(7-18)5-15-11(19)8-21-13-17-16-12(14)22-13/h9-10H,3-8H2,1-2H3,(H2,14,16)(H,15,19). The molecule has 1 fully saturated rings. The molecule has 0 aromatic carbocycles. The van der Waals surface area contributed by atoms with Crippen molar-refractivity contribution < 1.29 is 9.53 Å². The number of carbonyl (C=O) groups excluding carboxylic acids is 1. The molecular weight excluding hydrogens is 322 g/mol. The van der Waals surface area contributed by atoms with E-state index in [-0.39, 0.29) is 12.0 Å². The lowest BCUT2D eigenvalue weighted by Crippen LogP contribution is -2.48. The first kappa shape index (κ1) is 17.5. The molecule has 7 nitrogen and oxygen atoms in total. The number of nitrogen functional groups attached to an aromatic ring is 1. The van der Waals surface area contributed by atoms with Crippen LogP contribution in [0.3, 0.4) is 0 Å². The van der Waals surface area contributed by atoms with Crippen molar-refractivity contribution in [3.05, 3.63) is 0 Å². The summed E-state index contributed by atoms with van der Waals surface area (Å²) < 4.78 is 6.42. The quantitative estimate of drug-likeness (QED) is 0.702. The van der Waals surface area contributed by atoms with Crippen LogP contribution in [0.4, 0.5) is 5.13 Å². The molecule has 1 aliphatic rings. The van der Waals surface area contributed by atoms with E-state index in [9.17, 15) is 4.79 Å². The maximum Gasteiger partial charge on any atom is 0.230 e. The lowest BCUT2D eigenvalue weighted by atomic mass is 10.2. The predicted molar refractivity (Wildman–Crippen MR) is 89.1 cm³/mol. The van der Waals surface area contributed by atoms with Crippen molar-refractivity contribution in [2.45, 2.75) is 24.3 Å². The van der Waals surface area contributed by atoms with Crippen LogP contribution in [0.2, 0.25) is 0 Å². The van der Waals surface area contributed by atoms with E-state index in [4.69, 9.17) is 10.5 Å². The first-order valence-electron chi connectivity index (χ1n) is 7.35. The lowest BCUT2D eigenvalue weighted by Gasteiger charge is -2.33. The molecule has 22 heavy (non-hydrogen) atoms. The van der Waals surface area contributed by atoms with Gasteiger partial charge in [-0.2, -0.15) is 0 Å². The van der Waals surface area contributed by atoms with Gasteiger partial charge in [-0.25, -0.2) is 0 Å². The summed E-state index contributed by atoms with van der Waals surface area (Å²) >= 11 is 2.64. The zero-order valence-electron chi connectivity index (χ0n) is 12.9. The van der Waals surface area contributed by atoms with E-state index in [1.807, 2.05) is 0 Å². The Balaban J connectivity index is 1.65. The second-order valence-electron chi connectivity index (χ2n) is 5.65. The molecule has 1 aliphatic heterocycles. The number of hydrogen-bond acceptors (Lipinski definition) is 8. The minimum Gasteiger partial charge on any atom is -0.374 e. The second-order valence-corrected chi connectivity index (χ2v) is 7.88. The Morgan fingerprint density at radius 1 is 1.59 bits per heavy atom. The number of ether oxygens (including phenoxy) is 1. The summed E-state index contributed by atoms with van der Waals surface area (Å²) in [5, 5.41) is 10.9. The van der Waals surface area contributed by atoms with E-state index in [1.54, 1.807) is 0 Å². The zero-order chi connectivity index (χ0) is 15.9. The molecule has 2 heterocycles. The number of nitrogens with one attached hydrogen (secondary N) is 1. The van der Waals surface area contributed by atoms with Gasteiger partial charge in [0.25, 0.3) is 0 Å². The SMILES string of the molecule is CC(C)CN1CCOC(CNC(=O)CSc2nnc(N)s2)C1. The summed E-state index contributed by atoms with van der Waals surface area (Å²) in [4.78, 5) is 14.2. The second kappa shape index (κ2) is 8.66. The Bertz CT molecular complexity index is 483. The number of aromatic nitrogens is 2. The van der Waals surface area contributed by atoms with Gasteiger partial charge < -0.3 is 15.8 Å². The van der Waals surface area contributed by atoms with E-state index in [1.165, 1.54) is 23.1 Å². The van der Waals surface area contributed by atoms with Gasteiger partial charge in [0.05, 0.1) is 18.5 Å². The predicted octanol–water partition coefficient (Wildman–Crippen LogP) is 0.685. The largest absolute Gasteiger partial charge is 0.374 e. The third kappa shape index (κ3) is 6.07. The molecule has 2 rings (SSSR count). The van der Waals surface area contributed by atoms with E-state index >= 15 is 0 Å². The molecule has 1 amide bonds. The molecule has 3 N–H and O–H groups in total. The number of nitrogens with two attached hydrogens (primary N) is 1. The Kier molecular flexibility index (Phi) is 6.87. The van der Waals surface area contributed by atoms with Gasteiger partial charge in [-0.15, -0.1) is 10.2 Å². The zero-order valence-corrected chi connectivity index (χ0v) is 14.6. The molecule has 0 radical (unpaired) electrons. The summed E-state index contributed by atoms with van der Waals surface area (Å²) in [5.41, 5.74) is 5.50. The highest BCUT2D eigenvalue weighted by Gasteiger charge is 2.21. The molecule has 1 aromatic rings. The van der Waals surface area contributed by atoms with Gasteiger partial charge >= 0.3 is 0 Å². The number of thioether (sulfide) groups is 1. The van der Waals surface area contributed by atoms with Crippen LogP contribution in [0.5, 0.6) is 0 Å². The highest BCUT2D eigenvalue weighted by molar-refractivity contribution is 8.01. The summed E-state index contributed by atoms with van der Waals surface area (Å²) in [7, 11) is 0. The number of rotatable bonds is 7. The molecule has 1 saturated heterocycles. The maximum absolute atomic E-state index is 11.8. The molecule has 1 aromatic heterocycles. The molecule has 1 atom stereocenters. The van der Waals surface area contributed by atoms with Crippen LogP contribution in [0, 0.1) is 5.92 Å². The third-order valence-electron chi connectivity index (χ3n) is 3.12. The van der Waals surface area contributed by atoms with Gasteiger partial charge in [-0.3, -0.25) is 9.69 Å². The smallest absolute Gasteiger partial charge is 0.230 e. The summed E-state index contributed by atoms with van der Waals surface area (Å²) in [6, 6.07) is 0. The number of morpholine rings is 1. The average Bonchev–Trinajstić information content (AvgIpc) is 2.88. The summed E-state index contributed by atoms with van der Waals surface area (Å²) in [6.07, 6.45) is 0.0682. The first-order valence-corrected chi connectivity index (χ1v) is 9.15. The number of amides is 1. The highest BCUT2D eigenvalue weighted by Crippen LogP contribution is 2.22. The van der Waals surface area contributed by atoms with Crippen molar-refractivity contribution in [2.75, 3.05) is 44.3 Å². The summed E-state index contributed by atoms with van der Waals surface area (Å²) in [5.74, 6) is 0.935. The fraction of sp³-hybridized carbons (Fsp3) is 0.769. The van der Waals surface area contributed by atoms with E-state index in [0.29, 0.717) is 27.7 Å².